The number of ether oxygens (including phenoxy) is 1. The van der Waals surface area contributed by atoms with E-state index in [0.717, 1.165) is 12.1 Å². The highest BCUT2D eigenvalue weighted by Crippen LogP contribution is 2.41. The zero-order valence-electron chi connectivity index (χ0n) is 16.0. The molecule has 0 aromatic heterocycles. The van der Waals surface area contributed by atoms with Gasteiger partial charge in [0, 0.05) is 0 Å². The topological polar surface area (TPSA) is 72.5 Å². The van der Waals surface area contributed by atoms with Crippen LogP contribution in [0.4, 0.5) is 8.78 Å². The van der Waals surface area contributed by atoms with E-state index in [1.165, 1.54) is 49.6 Å². The van der Waals surface area contributed by atoms with Gasteiger partial charge in [0.1, 0.15) is 11.8 Å². The van der Waals surface area contributed by atoms with Crippen LogP contribution in [0, 0.1) is 0 Å². The zero-order valence-corrected chi connectivity index (χ0v) is 17.6. The number of sulfone groups is 1. The van der Waals surface area contributed by atoms with Gasteiger partial charge < -0.3 is 4.74 Å². The maximum Gasteiger partial charge on any atom is 0.369 e. The molecule has 5 nitrogen and oxygen atoms in total. The molecular formula is C19H23F2NO4S2. The lowest BCUT2D eigenvalue weighted by Gasteiger charge is -2.30. The second kappa shape index (κ2) is 8.26. The zero-order chi connectivity index (χ0) is 21.2. The SMILES string of the molecule is COc1ccc([C@H](NS(=O)C(C)(C)C)C(F)(F)S(=O)(=O)c2ccccc2)cc1. The average molecular weight is 432 g/mol. The normalized spacial score (nSPS) is 15.1. The van der Waals surface area contributed by atoms with Crippen molar-refractivity contribution in [1.82, 2.24) is 4.72 Å². The van der Waals surface area contributed by atoms with Crippen molar-refractivity contribution in [1.29, 1.82) is 0 Å². The van der Waals surface area contributed by atoms with E-state index in [4.69, 9.17) is 4.74 Å². The van der Waals surface area contributed by atoms with Gasteiger partial charge >= 0.3 is 5.25 Å². The number of benzene rings is 2. The largest absolute Gasteiger partial charge is 0.497 e. The van der Waals surface area contributed by atoms with E-state index in [9.17, 15) is 12.6 Å². The van der Waals surface area contributed by atoms with Gasteiger partial charge in [-0.2, -0.15) is 8.78 Å². The van der Waals surface area contributed by atoms with Crippen LogP contribution in [0.3, 0.4) is 0 Å². The summed E-state index contributed by atoms with van der Waals surface area (Å²) >= 11 is 0. The fraction of sp³-hybridized carbons (Fsp3) is 0.368. The van der Waals surface area contributed by atoms with Crippen LogP contribution in [0.5, 0.6) is 5.75 Å². The molecule has 2 atom stereocenters. The summed E-state index contributed by atoms with van der Waals surface area (Å²) < 4.78 is 75.1. The minimum Gasteiger partial charge on any atom is -0.497 e. The Balaban J connectivity index is 2.57. The fourth-order valence-corrected chi connectivity index (χ4v) is 4.58. The monoisotopic (exact) mass is 431 g/mol. The molecule has 0 amide bonds. The molecule has 2 aromatic rings. The van der Waals surface area contributed by atoms with E-state index < -0.39 is 41.8 Å². The van der Waals surface area contributed by atoms with Gasteiger partial charge in [-0.05, 0) is 50.6 Å². The molecule has 0 aliphatic carbocycles. The molecule has 1 N–H and O–H groups in total. The molecule has 9 heteroatoms. The second-order valence-corrected chi connectivity index (χ2v) is 11.1. The Bertz CT molecular complexity index is 925. The Kier molecular flexibility index (Phi) is 6.62. The molecule has 2 aromatic carbocycles. The van der Waals surface area contributed by atoms with Gasteiger partial charge in [-0.15, -0.1) is 0 Å². The molecule has 0 aliphatic heterocycles. The molecule has 0 saturated heterocycles. The smallest absolute Gasteiger partial charge is 0.369 e. The van der Waals surface area contributed by atoms with Crippen LogP contribution in [0.25, 0.3) is 0 Å². The summed E-state index contributed by atoms with van der Waals surface area (Å²) in [7, 11) is -5.57. The molecule has 1 unspecified atom stereocenters. The first-order chi connectivity index (χ1) is 12.9. The summed E-state index contributed by atoms with van der Waals surface area (Å²) in [6.45, 7) is 4.81. The lowest BCUT2D eigenvalue weighted by atomic mass is 10.1. The van der Waals surface area contributed by atoms with Crippen LogP contribution in [0.15, 0.2) is 59.5 Å². The van der Waals surface area contributed by atoms with Gasteiger partial charge in [0.05, 0.1) is 27.7 Å². The molecule has 0 fully saturated rings. The van der Waals surface area contributed by atoms with Crippen molar-refractivity contribution in [3.8, 4) is 5.75 Å². The number of hydrogen-bond donors (Lipinski definition) is 1. The van der Waals surface area contributed by atoms with Gasteiger partial charge in [0.15, 0.2) is 0 Å². The van der Waals surface area contributed by atoms with Gasteiger partial charge in [-0.1, -0.05) is 30.3 Å². The first-order valence-electron chi connectivity index (χ1n) is 8.40. The van der Waals surface area contributed by atoms with Gasteiger partial charge in [-0.3, -0.25) is 0 Å². The Hall–Kier alpha value is -1.84. The summed E-state index contributed by atoms with van der Waals surface area (Å²) in [6.07, 6.45) is 0. The van der Waals surface area contributed by atoms with Crippen molar-refractivity contribution in [2.45, 2.75) is 41.7 Å². The second-order valence-electron chi connectivity index (χ2n) is 7.08. The molecule has 28 heavy (non-hydrogen) atoms. The highest BCUT2D eigenvalue weighted by Gasteiger charge is 2.54. The number of nitrogens with one attached hydrogen (secondary N) is 1. The Morgan fingerprint density at radius 1 is 1.00 bits per heavy atom. The molecule has 2 rings (SSSR count). The van der Waals surface area contributed by atoms with Crippen LogP contribution in [-0.4, -0.2) is 29.7 Å². The quantitative estimate of drug-likeness (QED) is 0.723. The molecule has 0 heterocycles. The van der Waals surface area contributed by atoms with Crippen LogP contribution in [-0.2, 0) is 20.8 Å². The van der Waals surface area contributed by atoms with E-state index in [0.29, 0.717) is 5.75 Å². The van der Waals surface area contributed by atoms with Crippen molar-refractivity contribution >= 4 is 20.8 Å². The maximum absolute atomic E-state index is 15.4. The summed E-state index contributed by atoms with van der Waals surface area (Å²) in [5.74, 6) is 0.425. The predicted molar refractivity (Wildman–Crippen MR) is 105 cm³/mol. The Morgan fingerprint density at radius 2 is 1.54 bits per heavy atom. The molecule has 0 saturated carbocycles. The highest BCUT2D eigenvalue weighted by molar-refractivity contribution is 7.92. The number of halogens is 2. The fourth-order valence-electron chi connectivity index (χ4n) is 2.32. The first kappa shape index (κ1) is 22.4. The van der Waals surface area contributed by atoms with E-state index in [2.05, 4.69) is 4.72 Å². The van der Waals surface area contributed by atoms with Crippen LogP contribution in [0.2, 0.25) is 0 Å². The average Bonchev–Trinajstić information content (AvgIpc) is 2.65. The Morgan fingerprint density at radius 3 is 2.00 bits per heavy atom. The lowest BCUT2D eigenvalue weighted by molar-refractivity contribution is 0.0559. The lowest BCUT2D eigenvalue weighted by Crippen LogP contribution is -2.47. The predicted octanol–water partition coefficient (Wildman–Crippen LogP) is 3.85. The Labute approximate surface area is 166 Å². The van der Waals surface area contributed by atoms with Crippen molar-refractivity contribution < 1.29 is 26.1 Å². The summed E-state index contributed by atoms with van der Waals surface area (Å²) in [4.78, 5) is -0.512. The van der Waals surface area contributed by atoms with Crippen LogP contribution >= 0.6 is 0 Å². The van der Waals surface area contributed by atoms with E-state index in [1.54, 1.807) is 20.8 Å². The molecule has 0 aliphatic rings. The molecule has 154 valence electrons. The molecular weight excluding hydrogens is 408 g/mol. The van der Waals surface area contributed by atoms with Crippen molar-refractivity contribution in [2.75, 3.05) is 7.11 Å². The van der Waals surface area contributed by atoms with Gasteiger partial charge in [0.2, 0.25) is 9.84 Å². The van der Waals surface area contributed by atoms with Crippen LogP contribution in [0.1, 0.15) is 32.4 Å². The maximum atomic E-state index is 15.4. The van der Waals surface area contributed by atoms with E-state index in [1.807, 2.05) is 0 Å². The number of hydrogen-bond acceptors (Lipinski definition) is 4. The van der Waals surface area contributed by atoms with Crippen molar-refractivity contribution in [3.05, 3.63) is 60.2 Å². The molecule has 0 bridgehead atoms. The number of methoxy groups -OCH3 is 1. The minimum atomic E-state index is -5.05. The minimum absolute atomic E-state index is 0.0251. The van der Waals surface area contributed by atoms with Gasteiger partial charge in [-0.25, -0.2) is 17.3 Å². The van der Waals surface area contributed by atoms with Crippen molar-refractivity contribution in [2.24, 2.45) is 0 Å². The van der Waals surface area contributed by atoms with E-state index >= 15 is 8.78 Å². The van der Waals surface area contributed by atoms with Crippen LogP contribution < -0.4 is 9.46 Å². The standard InChI is InChI=1S/C19H23F2NO4S2/c1-18(2,3)27(23)22-17(14-10-12-15(26-4)13-11-14)19(20,21)28(24,25)16-8-6-5-7-9-16/h5-13,17,22H,1-4H3/t17-,27?/m0/s1. The third-order valence-electron chi connectivity index (χ3n) is 3.98. The van der Waals surface area contributed by atoms with Crippen molar-refractivity contribution in [3.63, 3.8) is 0 Å². The molecule has 0 radical (unpaired) electrons. The van der Waals surface area contributed by atoms with Gasteiger partial charge in [0.25, 0.3) is 0 Å². The number of rotatable bonds is 7. The summed E-state index contributed by atoms with van der Waals surface area (Å²) in [5, 5.41) is -4.26. The highest BCUT2D eigenvalue weighted by atomic mass is 32.2. The first-order valence-corrected chi connectivity index (χ1v) is 11.0. The summed E-state index contributed by atoms with van der Waals surface area (Å²) in [5.41, 5.74) is -0.0251. The van der Waals surface area contributed by atoms with E-state index in [-0.39, 0.29) is 5.56 Å². The third-order valence-corrected chi connectivity index (χ3v) is 7.39. The summed E-state index contributed by atoms with van der Waals surface area (Å²) in [6, 6.07) is 9.98. The number of alkyl halides is 2. The molecule has 0 spiro atoms. The third kappa shape index (κ3) is 4.59.